The molecule has 4 heterocycles. The molecule has 0 spiro atoms. The number of fused-ring (bicyclic) bond motifs is 3. The molecule has 0 aliphatic carbocycles. The van der Waals surface area contributed by atoms with Crippen molar-refractivity contribution in [3.05, 3.63) is 46.6 Å². The van der Waals surface area contributed by atoms with Gasteiger partial charge in [-0.25, -0.2) is 9.97 Å². The van der Waals surface area contributed by atoms with Gasteiger partial charge in [0.25, 0.3) is 5.91 Å². The van der Waals surface area contributed by atoms with Gasteiger partial charge in [-0.2, -0.15) is 0 Å². The van der Waals surface area contributed by atoms with E-state index in [1.165, 1.54) is 35.4 Å². The fourth-order valence-corrected chi connectivity index (χ4v) is 5.47. The Kier molecular flexibility index (Phi) is 5.50. The standard InChI is InChI=1S/C23H28N6OS/c1-2-15-11-26-23-20(28-15)19(24)21(31-23)22(30)25-10-9-14-3-7-18(8-4-14)29-12-16-5-6-17(13-29)27-16/h3-4,7-8,11,16-17,27H,2,5-6,9-10,12-13,24H2,1H3,(H,25,30). The van der Waals surface area contributed by atoms with Gasteiger partial charge in [0.1, 0.15) is 15.2 Å². The first-order chi connectivity index (χ1) is 15.1. The zero-order valence-electron chi connectivity index (χ0n) is 17.7. The average Bonchev–Trinajstić information content (AvgIpc) is 3.31. The molecule has 2 aliphatic rings. The van der Waals surface area contributed by atoms with Crippen LogP contribution in [-0.2, 0) is 12.8 Å². The number of thiophene rings is 1. The van der Waals surface area contributed by atoms with E-state index in [1.54, 1.807) is 6.20 Å². The predicted octanol–water partition coefficient (Wildman–Crippen LogP) is 2.75. The zero-order valence-corrected chi connectivity index (χ0v) is 18.5. The van der Waals surface area contributed by atoms with E-state index >= 15 is 0 Å². The van der Waals surface area contributed by atoms with Gasteiger partial charge in [-0.3, -0.25) is 4.79 Å². The molecule has 3 aromatic rings. The van der Waals surface area contributed by atoms with E-state index in [2.05, 4.69) is 49.8 Å². The summed E-state index contributed by atoms with van der Waals surface area (Å²) < 4.78 is 0. The molecule has 2 aromatic heterocycles. The van der Waals surface area contributed by atoms with E-state index in [9.17, 15) is 4.79 Å². The van der Waals surface area contributed by atoms with Gasteiger partial charge in [0.2, 0.25) is 0 Å². The summed E-state index contributed by atoms with van der Waals surface area (Å²) in [6, 6.07) is 10.0. The van der Waals surface area contributed by atoms with E-state index in [-0.39, 0.29) is 5.91 Å². The fraction of sp³-hybridized carbons (Fsp3) is 0.435. The Bertz CT molecular complexity index is 1080. The van der Waals surface area contributed by atoms with Crippen LogP contribution in [0.1, 0.15) is 40.7 Å². The lowest BCUT2D eigenvalue weighted by Gasteiger charge is -2.34. The molecular weight excluding hydrogens is 408 g/mol. The highest BCUT2D eigenvalue weighted by atomic mass is 32.1. The van der Waals surface area contributed by atoms with Crippen molar-refractivity contribution in [2.75, 3.05) is 30.3 Å². The van der Waals surface area contributed by atoms with Gasteiger partial charge in [-0.05, 0) is 43.4 Å². The normalized spacial score (nSPS) is 20.4. The quantitative estimate of drug-likeness (QED) is 0.550. The highest BCUT2D eigenvalue weighted by molar-refractivity contribution is 7.21. The molecule has 7 nitrogen and oxygen atoms in total. The number of aromatic nitrogens is 2. The van der Waals surface area contributed by atoms with Gasteiger partial charge < -0.3 is 21.3 Å². The lowest BCUT2D eigenvalue weighted by molar-refractivity contribution is 0.0959. The molecule has 5 rings (SSSR count). The summed E-state index contributed by atoms with van der Waals surface area (Å²) in [5.41, 5.74) is 10.6. The number of carbonyl (C=O) groups excluding carboxylic acids is 1. The van der Waals surface area contributed by atoms with Gasteiger partial charge in [0.05, 0.1) is 17.6 Å². The third-order valence-electron chi connectivity index (χ3n) is 6.27. The van der Waals surface area contributed by atoms with Gasteiger partial charge in [-0.1, -0.05) is 19.1 Å². The number of benzene rings is 1. The van der Waals surface area contributed by atoms with E-state index < -0.39 is 0 Å². The monoisotopic (exact) mass is 436 g/mol. The summed E-state index contributed by atoms with van der Waals surface area (Å²) in [5.74, 6) is -0.159. The van der Waals surface area contributed by atoms with Crippen LogP contribution in [0.3, 0.4) is 0 Å². The summed E-state index contributed by atoms with van der Waals surface area (Å²) in [6.45, 7) is 4.76. The molecule has 0 radical (unpaired) electrons. The summed E-state index contributed by atoms with van der Waals surface area (Å²) >= 11 is 1.30. The van der Waals surface area contributed by atoms with E-state index in [0.29, 0.717) is 39.5 Å². The molecule has 2 saturated heterocycles. The topological polar surface area (TPSA) is 96.2 Å². The van der Waals surface area contributed by atoms with Crippen LogP contribution >= 0.6 is 11.3 Å². The van der Waals surface area contributed by atoms with E-state index in [4.69, 9.17) is 5.73 Å². The number of anilines is 2. The molecule has 2 fully saturated rings. The summed E-state index contributed by atoms with van der Waals surface area (Å²) in [5, 5.41) is 6.67. The van der Waals surface area contributed by atoms with Gasteiger partial charge in [0.15, 0.2) is 0 Å². The molecule has 4 N–H and O–H groups in total. The van der Waals surface area contributed by atoms with Crippen LogP contribution in [0.25, 0.3) is 10.3 Å². The predicted molar refractivity (Wildman–Crippen MR) is 126 cm³/mol. The molecule has 2 unspecified atom stereocenters. The van der Waals surface area contributed by atoms with Crippen molar-refractivity contribution in [1.82, 2.24) is 20.6 Å². The molecular formula is C23H28N6OS. The number of amides is 1. The number of carbonyl (C=O) groups is 1. The Morgan fingerprint density at radius 1 is 1.26 bits per heavy atom. The van der Waals surface area contributed by atoms with Crippen molar-refractivity contribution < 1.29 is 4.79 Å². The molecule has 162 valence electrons. The number of nitrogens with two attached hydrogens (primary N) is 1. The number of nitrogen functional groups attached to an aromatic ring is 1. The molecule has 1 aromatic carbocycles. The molecule has 1 amide bonds. The minimum absolute atomic E-state index is 0.159. The number of nitrogens with one attached hydrogen (secondary N) is 2. The lowest BCUT2D eigenvalue weighted by atomic mass is 10.1. The van der Waals surface area contributed by atoms with Crippen LogP contribution in [0.15, 0.2) is 30.5 Å². The first-order valence-electron chi connectivity index (χ1n) is 11.0. The van der Waals surface area contributed by atoms with Crippen LogP contribution in [0.5, 0.6) is 0 Å². The maximum atomic E-state index is 12.7. The third kappa shape index (κ3) is 4.09. The Morgan fingerprint density at radius 3 is 2.71 bits per heavy atom. The van der Waals surface area contributed by atoms with Crippen LogP contribution in [0.2, 0.25) is 0 Å². The van der Waals surface area contributed by atoms with Crippen LogP contribution < -0.4 is 21.3 Å². The highest BCUT2D eigenvalue weighted by Crippen LogP contribution is 2.31. The second-order valence-electron chi connectivity index (χ2n) is 8.43. The van der Waals surface area contributed by atoms with E-state index in [0.717, 1.165) is 31.6 Å². The van der Waals surface area contributed by atoms with Gasteiger partial charge >= 0.3 is 0 Å². The van der Waals surface area contributed by atoms with Gasteiger partial charge in [0, 0.05) is 37.4 Å². The highest BCUT2D eigenvalue weighted by Gasteiger charge is 2.32. The second-order valence-corrected chi connectivity index (χ2v) is 9.43. The van der Waals surface area contributed by atoms with Crippen molar-refractivity contribution in [2.24, 2.45) is 0 Å². The van der Waals surface area contributed by atoms with Crippen molar-refractivity contribution in [2.45, 2.75) is 44.7 Å². The number of rotatable bonds is 6. The average molecular weight is 437 g/mol. The van der Waals surface area contributed by atoms with Crippen molar-refractivity contribution >= 4 is 39.0 Å². The number of nitrogens with zero attached hydrogens (tertiary/aromatic N) is 3. The third-order valence-corrected chi connectivity index (χ3v) is 7.37. The molecule has 0 saturated carbocycles. The summed E-state index contributed by atoms with van der Waals surface area (Å²) in [7, 11) is 0. The number of aryl methyl sites for hydroxylation is 1. The van der Waals surface area contributed by atoms with Crippen LogP contribution in [0, 0.1) is 0 Å². The van der Waals surface area contributed by atoms with Crippen molar-refractivity contribution in [3.8, 4) is 0 Å². The smallest absolute Gasteiger partial charge is 0.263 e. The zero-order chi connectivity index (χ0) is 21.4. The Morgan fingerprint density at radius 2 is 2.00 bits per heavy atom. The second kappa shape index (κ2) is 8.43. The molecule has 2 atom stereocenters. The minimum atomic E-state index is -0.159. The first-order valence-corrected chi connectivity index (χ1v) is 11.8. The SMILES string of the molecule is CCc1cnc2sc(C(=O)NCCc3ccc(N4CC5CCC(C4)N5)cc3)c(N)c2n1. The van der Waals surface area contributed by atoms with Crippen molar-refractivity contribution in [3.63, 3.8) is 0 Å². The molecule has 2 aliphatic heterocycles. The molecule has 2 bridgehead atoms. The lowest BCUT2D eigenvalue weighted by Crippen LogP contribution is -2.51. The Hall–Kier alpha value is -2.71. The Balaban J connectivity index is 1.18. The molecule has 31 heavy (non-hydrogen) atoms. The molecule has 8 heteroatoms. The summed E-state index contributed by atoms with van der Waals surface area (Å²) in [6.07, 6.45) is 5.88. The minimum Gasteiger partial charge on any atom is -0.396 e. The summed E-state index contributed by atoms with van der Waals surface area (Å²) in [4.78, 5) is 25.3. The number of hydrogen-bond donors (Lipinski definition) is 3. The largest absolute Gasteiger partial charge is 0.396 e. The van der Waals surface area contributed by atoms with Crippen molar-refractivity contribution in [1.29, 1.82) is 0 Å². The maximum Gasteiger partial charge on any atom is 0.263 e. The van der Waals surface area contributed by atoms with E-state index in [1.807, 2.05) is 6.92 Å². The number of hydrogen-bond acceptors (Lipinski definition) is 7. The fourth-order valence-electron chi connectivity index (χ4n) is 4.54. The number of piperazine rings is 1. The van der Waals surface area contributed by atoms with Gasteiger partial charge in [-0.15, -0.1) is 11.3 Å². The first kappa shape index (κ1) is 20.2. The maximum absolute atomic E-state index is 12.7. The van der Waals surface area contributed by atoms with Crippen LogP contribution in [0.4, 0.5) is 11.4 Å². The van der Waals surface area contributed by atoms with Crippen LogP contribution in [-0.4, -0.2) is 47.6 Å². The Labute approximate surface area is 186 Å².